The third-order valence-electron chi connectivity index (χ3n) is 2.83. The zero-order valence-corrected chi connectivity index (χ0v) is 12.2. The molecule has 1 heterocycles. The molecule has 2 aromatic rings. The van der Waals surface area contributed by atoms with Crippen molar-refractivity contribution >= 4 is 15.9 Å². The average molecular weight is 310 g/mol. The number of methoxy groups -OCH3 is 1. The number of hydrogen-bond donors (Lipinski definition) is 1. The van der Waals surface area contributed by atoms with Gasteiger partial charge in [0.15, 0.2) is 0 Å². The molecule has 0 aliphatic heterocycles. The molecule has 4 nitrogen and oxygen atoms in total. The summed E-state index contributed by atoms with van der Waals surface area (Å²) in [6, 6.07) is 7.98. The number of ether oxygens (including phenoxy) is 1. The van der Waals surface area contributed by atoms with Crippen LogP contribution in [-0.4, -0.2) is 23.9 Å². The molecule has 0 bridgehead atoms. The fourth-order valence-electron chi connectivity index (χ4n) is 1.92. The van der Waals surface area contributed by atoms with E-state index in [1.54, 1.807) is 11.8 Å². The molecule has 1 aromatic heterocycles. The van der Waals surface area contributed by atoms with Crippen LogP contribution >= 0.6 is 15.9 Å². The minimum absolute atomic E-state index is 0.0377. The second-order valence-corrected chi connectivity index (χ2v) is 4.88. The van der Waals surface area contributed by atoms with Crippen molar-refractivity contribution in [3.63, 3.8) is 0 Å². The van der Waals surface area contributed by atoms with E-state index >= 15 is 0 Å². The number of nitrogens with zero attached hydrogens (tertiary/aromatic N) is 2. The summed E-state index contributed by atoms with van der Waals surface area (Å²) in [5.74, 6) is 0.837. The Labute approximate surface area is 115 Å². The van der Waals surface area contributed by atoms with Gasteiger partial charge in [-0.25, -0.2) is 0 Å². The summed E-state index contributed by atoms with van der Waals surface area (Å²) in [7, 11) is 5.50. The van der Waals surface area contributed by atoms with Crippen molar-refractivity contribution in [3.8, 4) is 5.75 Å². The molecule has 18 heavy (non-hydrogen) atoms. The fraction of sp³-hybridized carbons (Fsp3) is 0.308. The normalized spacial score (nSPS) is 12.4. The third-order valence-corrected chi connectivity index (χ3v) is 3.56. The molecular formula is C13H16BrN3O. The molecule has 0 fully saturated rings. The van der Waals surface area contributed by atoms with Crippen LogP contribution in [0.25, 0.3) is 0 Å². The van der Waals surface area contributed by atoms with E-state index in [1.807, 2.05) is 44.6 Å². The SMILES string of the molecule is CNC(c1ccn(C)n1)c1cc(OC)ccc1Br. The van der Waals surface area contributed by atoms with Gasteiger partial charge in [-0.2, -0.15) is 5.10 Å². The van der Waals surface area contributed by atoms with Gasteiger partial charge in [-0.15, -0.1) is 0 Å². The Balaban J connectivity index is 2.44. The molecule has 5 heteroatoms. The van der Waals surface area contributed by atoms with E-state index in [9.17, 15) is 0 Å². The van der Waals surface area contributed by atoms with Crippen LogP contribution < -0.4 is 10.1 Å². The van der Waals surface area contributed by atoms with Crippen molar-refractivity contribution in [3.05, 3.63) is 46.2 Å². The van der Waals surface area contributed by atoms with E-state index < -0.39 is 0 Å². The lowest BCUT2D eigenvalue weighted by Gasteiger charge is -2.17. The Hall–Kier alpha value is -1.33. The summed E-state index contributed by atoms with van der Waals surface area (Å²) in [5.41, 5.74) is 2.09. The van der Waals surface area contributed by atoms with E-state index in [1.165, 1.54) is 0 Å². The predicted molar refractivity (Wildman–Crippen MR) is 74.8 cm³/mol. The van der Waals surface area contributed by atoms with E-state index in [-0.39, 0.29) is 6.04 Å². The highest BCUT2D eigenvalue weighted by Crippen LogP contribution is 2.30. The number of aromatic nitrogens is 2. The highest BCUT2D eigenvalue weighted by atomic mass is 79.9. The van der Waals surface area contributed by atoms with E-state index in [0.717, 1.165) is 21.5 Å². The van der Waals surface area contributed by atoms with Gasteiger partial charge in [-0.1, -0.05) is 15.9 Å². The predicted octanol–water partition coefficient (Wildman–Crippen LogP) is 2.50. The van der Waals surface area contributed by atoms with Crippen LogP contribution in [0.5, 0.6) is 5.75 Å². The number of halogens is 1. The van der Waals surface area contributed by atoms with E-state index in [0.29, 0.717) is 0 Å². The van der Waals surface area contributed by atoms with Crippen molar-refractivity contribution in [1.29, 1.82) is 0 Å². The Morgan fingerprint density at radius 2 is 2.17 bits per heavy atom. The number of hydrogen-bond acceptors (Lipinski definition) is 3. The Kier molecular flexibility index (Phi) is 4.04. The first kappa shape index (κ1) is 13.1. The lowest BCUT2D eigenvalue weighted by Crippen LogP contribution is -2.19. The summed E-state index contributed by atoms with van der Waals surface area (Å²) in [4.78, 5) is 0. The summed E-state index contributed by atoms with van der Waals surface area (Å²) >= 11 is 3.58. The maximum atomic E-state index is 5.27. The van der Waals surface area contributed by atoms with Crippen LogP contribution in [0.15, 0.2) is 34.9 Å². The summed E-state index contributed by atoms with van der Waals surface area (Å²) in [6.45, 7) is 0. The lowest BCUT2D eigenvalue weighted by atomic mass is 10.0. The largest absolute Gasteiger partial charge is 0.497 e. The highest BCUT2D eigenvalue weighted by molar-refractivity contribution is 9.10. The van der Waals surface area contributed by atoms with Crippen molar-refractivity contribution in [2.45, 2.75) is 6.04 Å². The minimum atomic E-state index is 0.0377. The fourth-order valence-corrected chi connectivity index (χ4v) is 2.40. The molecule has 0 amide bonds. The van der Waals surface area contributed by atoms with Crippen LogP contribution in [0.3, 0.4) is 0 Å². The van der Waals surface area contributed by atoms with Gasteiger partial charge < -0.3 is 10.1 Å². The van der Waals surface area contributed by atoms with E-state index in [2.05, 4.69) is 26.3 Å². The molecule has 1 aromatic carbocycles. The molecule has 0 spiro atoms. The van der Waals surface area contributed by atoms with Gasteiger partial charge >= 0.3 is 0 Å². The van der Waals surface area contributed by atoms with Crippen LogP contribution in [0.1, 0.15) is 17.3 Å². The summed E-state index contributed by atoms with van der Waals surface area (Å²) in [6.07, 6.45) is 1.94. The number of benzene rings is 1. The van der Waals surface area contributed by atoms with Gasteiger partial charge in [-0.05, 0) is 36.9 Å². The minimum Gasteiger partial charge on any atom is -0.497 e. The van der Waals surface area contributed by atoms with Crippen LogP contribution in [0.4, 0.5) is 0 Å². The second kappa shape index (κ2) is 5.54. The first-order chi connectivity index (χ1) is 8.65. The second-order valence-electron chi connectivity index (χ2n) is 4.02. The molecule has 0 saturated carbocycles. The Bertz CT molecular complexity index is 539. The first-order valence-corrected chi connectivity index (χ1v) is 6.45. The molecule has 1 unspecified atom stereocenters. The molecule has 0 saturated heterocycles. The Morgan fingerprint density at radius 3 is 2.72 bits per heavy atom. The smallest absolute Gasteiger partial charge is 0.119 e. The van der Waals surface area contributed by atoms with Crippen LogP contribution in [0, 0.1) is 0 Å². The number of aryl methyl sites for hydroxylation is 1. The van der Waals surface area contributed by atoms with E-state index in [4.69, 9.17) is 4.74 Å². The topological polar surface area (TPSA) is 39.1 Å². The van der Waals surface area contributed by atoms with Gasteiger partial charge in [0.25, 0.3) is 0 Å². The standard InChI is InChI=1S/C13H16BrN3O/c1-15-13(12-6-7-17(2)16-12)10-8-9(18-3)4-5-11(10)14/h4-8,13,15H,1-3H3. The van der Waals surface area contributed by atoms with Gasteiger partial charge in [0, 0.05) is 17.7 Å². The zero-order valence-electron chi connectivity index (χ0n) is 10.6. The molecular weight excluding hydrogens is 294 g/mol. The lowest BCUT2D eigenvalue weighted by molar-refractivity contribution is 0.413. The number of nitrogens with one attached hydrogen (secondary N) is 1. The van der Waals surface area contributed by atoms with Crippen LogP contribution in [0.2, 0.25) is 0 Å². The van der Waals surface area contributed by atoms with Crippen LogP contribution in [-0.2, 0) is 7.05 Å². The zero-order chi connectivity index (χ0) is 13.1. The maximum Gasteiger partial charge on any atom is 0.119 e. The number of rotatable bonds is 4. The summed E-state index contributed by atoms with van der Waals surface area (Å²) in [5, 5.41) is 7.73. The molecule has 0 aliphatic carbocycles. The van der Waals surface area contributed by atoms with Crippen molar-refractivity contribution < 1.29 is 4.74 Å². The third kappa shape index (κ3) is 2.57. The van der Waals surface area contributed by atoms with Crippen molar-refractivity contribution in [2.24, 2.45) is 7.05 Å². The van der Waals surface area contributed by atoms with Crippen molar-refractivity contribution in [1.82, 2.24) is 15.1 Å². The maximum absolute atomic E-state index is 5.27. The molecule has 0 aliphatic rings. The molecule has 96 valence electrons. The van der Waals surface area contributed by atoms with Gasteiger partial charge in [-0.3, -0.25) is 4.68 Å². The Morgan fingerprint density at radius 1 is 1.39 bits per heavy atom. The highest BCUT2D eigenvalue weighted by Gasteiger charge is 2.18. The van der Waals surface area contributed by atoms with Gasteiger partial charge in [0.1, 0.15) is 5.75 Å². The van der Waals surface area contributed by atoms with Crippen molar-refractivity contribution in [2.75, 3.05) is 14.2 Å². The summed E-state index contributed by atoms with van der Waals surface area (Å²) < 4.78 is 8.11. The molecule has 1 atom stereocenters. The quantitative estimate of drug-likeness (QED) is 0.943. The first-order valence-electron chi connectivity index (χ1n) is 5.66. The molecule has 2 rings (SSSR count). The monoisotopic (exact) mass is 309 g/mol. The average Bonchev–Trinajstić information content (AvgIpc) is 2.79. The molecule has 1 N–H and O–H groups in total. The van der Waals surface area contributed by atoms with Gasteiger partial charge in [0.2, 0.25) is 0 Å². The molecule has 0 radical (unpaired) electrons. The van der Waals surface area contributed by atoms with Gasteiger partial charge in [0.05, 0.1) is 18.8 Å².